The van der Waals surface area contributed by atoms with Gasteiger partial charge in [0.15, 0.2) is 5.13 Å². The Hall–Kier alpha value is -2.53. The number of methoxy groups -OCH3 is 1. The topological polar surface area (TPSA) is 96.0 Å². The van der Waals surface area contributed by atoms with Gasteiger partial charge in [0, 0.05) is 50.8 Å². The number of morpholine rings is 1. The number of hydrogen-bond acceptors (Lipinski definition) is 8. The Morgan fingerprint density at radius 2 is 2.11 bits per heavy atom. The lowest BCUT2D eigenvalue weighted by molar-refractivity contribution is -0.0552. The second-order valence-corrected chi connectivity index (χ2v) is 11.6. The first-order valence-electron chi connectivity index (χ1n) is 13.6. The molecule has 0 unspecified atom stereocenters. The standard InChI is InChI=1S/C28H41N5O4S/c1-5-10-29-25(34)22-14-20(16-33-12-13-37-19-28(33,2)3)8-9-23(22)30-26(35)24-18-38-27(31-24)32-11-6-7-21(15-32)17-36-4/h8-9,14,18,21H,5-7,10-13,15-17,19H2,1-4H3,(H,29,34)(H,30,35)/t21-/m1/s1. The van der Waals surface area contributed by atoms with E-state index in [1.807, 2.05) is 25.1 Å². The van der Waals surface area contributed by atoms with Crippen LogP contribution in [-0.2, 0) is 16.0 Å². The Morgan fingerprint density at radius 3 is 2.87 bits per heavy atom. The highest BCUT2D eigenvalue weighted by Crippen LogP contribution is 2.28. The quantitative estimate of drug-likeness (QED) is 0.468. The maximum Gasteiger partial charge on any atom is 0.275 e. The van der Waals surface area contributed by atoms with Crippen molar-refractivity contribution in [3.05, 3.63) is 40.4 Å². The number of carbonyl (C=O) groups excluding carboxylic acids is 2. The lowest BCUT2D eigenvalue weighted by atomic mass is 9.99. The van der Waals surface area contributed by atoms with Crippen LogP contribution in [-0.4, -0.2) is 80.3 Å². The minimum atomic E-state index is -0.315. The summed E-state index contributed by atoms with van der Waals surface area (Å²) in [6, 6.07) is 5.70. The number of nitrogens with one attached hydrogen (secondary N) is 2. The van der Waals surface area contributed by atoms with E-state index in [0.717, 1.165) is 56.2 Å². The molecule has 0 aliphatic carbocycles. The van der Waals surface area contributed by atoms with Crippen LogP contribution in [0.3, 0.4) is 0 Å². The average Bonchev–Trinajstić information content (AvgIpc) is 3.40. The zero-order valence-electron chi connectivity index (χ0n) is 23.0. The molecule has 38 heavy (non-hydrogen) atoms. The molecule has 9 nitrogen and oxygen atoms in total. The number of amides is 2. The van der Waals surface area contributed by atoms with E-state index in [1.54, 1.807) is 12.5 Å². The van der Waals surface area contributed by atoms with E-state index < -0.39 is 0 Å². The van der Waals surface area contributed by atoms with Crippen molar-refractivity contribution in [2.45, 2.75) is 52.1 Å². The van der Waals surface area contributed by atoms with Crippen LogP contribution in [0.5, 0.6) is 0 Å². The van der Waals surface area contributed by atoms with Gasteiger partial charge < -0.3 is 25.0 Å². The van der Waals surface area contributed by atoms with Gasteiger partial charge in [-0.3, -0.25) is 14.5 Å². The molecule has 1 aromatic heterocycles. The molecule has 2 aliphatic rings. The normalized spacial score (nSPS) is 19.8. The first-order chi connectivity index (χ1) is 18.3. The van der Waals surface area contributed by atoms with Gasteiger partial charge in [0.25, 0.3) is 11.8 Å². The predicted molar refractivity (Wildman–Crippen MR) is 151 cm³/mol. The number of ether oxygens (including phenoxy) is 2. The Balaban J connectivity index is 1.49. The summed E-state index contributed by atoms with van der Waals surface area (Å²) in [4.78, 5) is 35.5. The lowest BCUT2D eigenvalue weighted by Gasteiger charge is -2.42. The second-order valence-electron chi connectivity index (χ2n) is 10.8. The van der Waals surface area contributed by atoms with Gasteiger partial charge in [0.05, 0.1) is 31.1 Å². The third kappa shape index (κ3) is 7.11. The van der Waals surface area contributed by atoms with E-state index in [0.29, 0.717) is 49.2 Å². The Kier molecular flexibility index (Phi) is 9.75. The maximum atomic E-state index is 13.2. The zero-order valence-corrected chi connectivity index (χ0v) is 23.9. The van der Waals surface area contributed by atoms with Crippen LogP contribution < -0.4 is 15.5 Å². The maximum absolute atomic E-state index is 13.2. The number of nitrogens with zero attached hydrogens (tertiary/aromatic N) is 3. The molecule has 0 spiro atoms. The molecule has 0 radical (unpaired) electrons. The molecule has 2 fully saturated rings. The molecule has 2 N–H and O–H groups in total. The van der Waals surface area contributed by atoms with Gasteiger partial charge >= 0.3 is 0 Å². The van der Waals surface area contributed by atoms with E-state index >= 15 is 0 Å². The molecule has 10 heteroatoms. The van der Waals surface area contributed by atoms with Crippen molar-refractivity contribution in [2.75, 3.05) is 63.3 Å². The monoisotopic (exact) mass is 543 g/mol. The summed E-state index contributed by atoms with van der Waals surface area (Å²) in [5.41, 5.74) is 2.24. The molecule has 3 heterocycles. The number of aromatic nitrogens is 1. The highest BCUT2D eigenvalue weighted by Gasteiger charge is 2.31. The molecule has 1 aromatic carbocycles. The highest BCUT2D eigenvalue weighted by molar-refractivity contribution is 7.14. The summed E-state index contributed by atoms with van der Waals surface area (Å²) >= 11 is 1.48. The van der Waals surface area contributed by atoms with Gasteiger partial charge in [0.1, 0.15) is 5.69 Å². The van der Waals surface area contributed by atoms with E-state index in [-0.39, 0.29) is 17.4 Å². The lowest BCUT2D eigenvalue weighted by Crippen LogP contribution is -2.52. The zero-order chi connectivity index (χ0) is 27.1. The minimum absolute atomic E-state index is 0.0873. The number of hydrogen-bond donors (Lipinski definition) is 2. The number of piperidine rings is 1. The first-order valence-corrected chi connectivity index (χ1v) is 14.4. The van der Waals surface area contributed by atoms with Crippen LogP contribution >= 0.6 is 11.3 Å². The smallest absolute Gasteiger partial charge is 0.275 e. The summed E-state index contributed by atoms with van der Waals surface area (Å²) in [5, 5.41) is 8.54. The molecular weight excluding hydrogens is 502 g/mol. The van der Waals surface area contributed by atoms with E-state index in [1.165, 1.54) is 11.3 Å². The van der Waals surface area contributed by atoms with Gasteiger partial charge in [-0.25, -0.2) is 4.98 Å². The summed E-state index contributed by atoms with van der Waals surface area (Å²) in [5.74, 6) is -0.0352. The number of thiazole rings is 1. The summed E-state index contributed by atoms with van der Waals surface area (Å²) in [6.45, 7) is 12.4. The fourth-order valence-electron chi connectivity index (χ4n) is 5.04. The molecule has 2 aromatic rings. The van der Waals surface area contributed by atoms with Crippen LogP contribution in [0.2, 0.25) is 0 Å². The molecule has 0 saturated carbocycles. The third-order valence-electron chi connectivity index (χ3n) is 7.22. The Labute approximate surface area is 229 Å². The van der Waals surface area contributed by atoms with Crippen molar-refractivity contribution >= 4 is 34.0 Å². The molecule has 2 saturated heterocycles. The Morgan fingerprint density at radius 1 is 1.26 bits per heavy atom. The van der Waals surface area contributed by atoms with Crippen molar-refractivity contribution in [3.8, 4) is 0 Å². The van der Waals surface area contributed by atoms with Crippen molar-refractivity contribution in [1.29, 1.82) is 0 Å². The van der Waals surface area contributed by atoms with Crippen LogP contribution in [0, 0.1) is 5.92 Å². The molecule has 2 aliphatic heterocycles. The summed E-state index contributed by atoms with van der Waals surface area (Å²) in [7, 11) is 1.73. The fraction of sp³-hybridized carbons (Fsp3) is 0.607. The van der Waals surface area contributed by atoms with Crippen LogP contribution in [0.4, 0.5) is 10.8 Å². The van der Waals surface area contributed by atoms with Crippen LogP contribution in [0.1, 0.15) is 66.4 Å². The number of rotatable bonds is 10. The second kappa shape index (κ2) is 13.0. The van der Waals surface area contributed by atoms with E-state index in [2.05, 4.69) is 39.3 Å². The third-order valence-corrected chi connectivity index (χ3v) is 8.12. The largest absolute Gasteiger partial charge is 0.384 e. The number of carbonyl (C=O) groups is 2. The van der Waals surface area contributed by atoms with Gasteiger partial charge in [0.2, 0.25) is 0 Å². The van der Waals surface area contributed by atoms with Crippen molar-refractivity contribution in [2.24, 2.45) is 5.92 Å². The van der Waals surface area contributed by atoms with Crippen molar-refractivity contribution in [1.82, 2.24) is 15.2 Å². The number of anilines is 2. The molecule has 208 valence electrons. The van der Waals surface area contributed by atoms with Crippen LogP contribution in [0.25, 0.3) is 0 Å². The van der Waals surface area contributed by atoms with Crippen LogP contribution in [0.15, 0.2) is 23.6 Å². The summed E-state index contributed by atoms with van der Waals surface area (Å²) < 4.78 is 11.0. The highest BCUT2D eigenvalue weighted by atomic mass is 32.1. The Bertz CT molecular complexity index is 1100. The minimum Gasteiger partial charge on any atom is -0.384 e. The molecule has 4 rings (SSSR count). The van der Waals surface area contributed by atoms with Gasteiger partial charge in [-0.15, -0.1) is 11.3 Å². The molecule has 0 bridgehead atoms. The molecular formula is C28H41N5O4S. The number of benzene rings is 1. The van der Waals surface area contributed by atoms with Crippen molar-refractivity contribution < 1.29 is 19.1 Å². The predicted octanol–water partition coefficient (Wildman–Crippen LogP) is 4.01. The van der Waals surface area contributed by atoms with Gasteiger partial charge in [-0.1, -0.05) is 13.0 Å². The van der Waals surface area contributed by atoms with Crippen molar-refractivity contribution in [3.63, 3.8) is 0 Å². The van der Waals surface area contributed by atoms with E-state index in [9.17, 15) is 9.59 Å². The van der Waals surface area contributed by atoms with Gasteiger partial charge in [-0.05, 0) is 56.7 Å². The summed E-state index contributed by atoms with van der Waals surface area (Å²) in [6.07, 6.45) is 3.06. The molecule has 2 amide bonds. The SMILES string of the molecule is CCCNC(=O)c1cc(CN2CCOCC2(C)C)ccc1NC(=O)c1csc(N2CCC[C@@H](COC)C2)n1. The fourth-order valence-corrected chi connectivity index (χ4v) is 5.88. The molecule has 1 atom stereocenters. The van der Waals surface area contributed by atoms with Gasteiger partial charge in [-0.2, -0.15) is 0 Å². The van der Waals surface area contributed by atoms with E-state index in [4.69, 9.17) is 9.47 Å². The average molecular weight is 544 g/mol. The first kappa shape index (κ1) is 28.5.